The number of carboxylic acid groups (broad SMARTS) is 1. The molecule has 0 saturated heterocycles. The first-order valence-electron chi connectivity index (χ1n) is 3.80. The van der Waals surface area contributed by atoms with E-state index in [0.717, 1.165) is 18.1 Å². The van der Waals surface area contributed by atoms with Gasteiger partial charge >= 0.3 is 5.97 Å². The lowest BCUT2D eigenvalue weighted by Crippen LogP contribution is -2.16. The normalized spacial score (nSPS) is 10.7. The Balaban J connectivity index is 2.65. The topological polar surface area (TPSA) is 66.3 Å². The van der Waals surface area contributed by atoms with Crippen LogP contribution in [0.4, 0.5) is 0 Å². The largest absolute Gasteiger partial charge is 0.477 e. The minimum atomic E-state index is -0.941. The van der Waals surface area contributed by atoms with Crippen molar-refractivity contribution in [1.82, 2.24) is 14.5 Å². The van der Waals surface area contributed by atoms with E-state index in [9.17, 15) is 4.79 Å². The average Bonchev–Trinajstić information content (AvgIpc) is 2.47. The van der Waals surface area contributed by atoms with Crippen molar-refractivity contribution in [1.29, 1.82) is 0 Å². The predicted molar refractivity (Wildman–Crippen MR) is 49.1 cm³/mol. The first-order valence-corrected chi connectivity index (χ1v) is 4.58. The van der Waals surface area contributed by atoms with Gasteiger partial charge in [0.25, 0.3) is 0 Å². The highest BCUT2D eigenvalue weighted by Gasteiger charge is 2.14. The maximum atomic E-state index is 10.6. The number of aromatic nitrogens is 2. The second-order valence-electron chi connectivity index (χ2n) is 2.91. The highest BCUT2D eigenvalue weighted by molar-refractivity contribution is 7.07. The van der Waals surface area contributed by atoms with Gasteiger partial charge in [0.15, 0.2) is 4.88 Å². The summed E-state index contributed by atoms with van der Waals surface area (Å²) in [6, 6.07) is 0. The van der Waals surface area contributed by atoms with Crippen molar-refractivity contribution < 1.29 is 9.90 Å². The predicted octanol–water partition coefficient (Wildman–Crippen LogP) is 0.340. The summed E-state index contributed by atoms with van der Waals surface area (Å²) in [5.41, 5.74) is 0.575. The van der Waals surface area contributed by atoms with E-state index in [-0.39, 0.29) is 4.88 Å². The van der Waals surface area contributed by atoms with Crippen molar-refractivity contribution >= 4 is 17.5 Å². The summed E-state index contributed by atoms with van der Waals surface area (Å²) < 4.78 is 3.61. The van der Waals surface area contributed by atoms with Crippen LogP contribution in [0.3, 0.4) is 0 Å². The second-order valence-corrected chi connectivity index (χ2v) is 3.66. The van der Waals surface area contributed by atoms with Gasteiger partial charge in [0.1, 0.15) is 0 Å². The molecule has 0 fully saturated rings. The lowest BCUT2D eigenvalue weighted by molar-refractivity contribution is 0.0700. The van der Waals surface area contributed by atoms with E-state index in [1.54, 1.807) is 0 Å². The monoisotopic (exact) mass is 201 g/mol. The molecule has 6 heteroatoms. The van der Waals surface area contributed by atoms with Gasteiger partial charge in [0.2, 0.25) is 0 Å². The zero-order chi connectivity index (χ0) is 9.84. The van der Waals surface area contributed by atoms with Gasteiger partial charge < -0.3 is 10.0 Å². The molecule has 0 aromatic carbocycles. The van der Waals surface area contributed by atoms with Gasteiger partial charge in [0, 0.05) is 13.0 Å². The summed E-state index contributed by atoms with van der Waals surface area (Å²) in [7, 11) is 3.86. The number of hydrogen-bond acceptors (Lipinski definition) is 5. The lowest BCUT2D eigenvalue weighted by atomic mass is 10.2. The van der Waals surface area contributed by atoms with Crippen molar-refractivity contribution in [3.8, 4) is 0 Å². The Labute approximate surface area is 80.2 Å². The molecule has 0 amide bonds. The van der Waals surface area contributed by atoms with Crippen LogP contribution in [0.1, 0.15) is 15.4 Å². The number of likely N-dealkylation sites (N-methyl/N-ethyl adjacent to an activating group) is 1. The molecule has 0 bridgehead atoms. The molecule has 1 aromatic rings. The molecule has 5 nitrogen and oxygen atoms in total. The first-order chi connectivity index (χ1) is 6.11. The van der Waals surface area contributed by atoms with E-state index in [1.807, 2.05) is 19.0 Å². The summed E-state index contributed by atoms with van der Waals surface area (Å²) in [5.74, 6) is -0.941. The van der Waals surface area contributed by atoms with E-state index in [0.29, 0.717) is 12.1 Å². The minimum Gasteiger partial charge on any atom is -0.477 e. The number of hydrogen-bond donors (Lipinski definition) is 1. The Kier molecular flexibility index (Phi) is 3.32. The SMILES string of the molecule is CN(C)CCc1nnsc1C(=O)O. The molecule has 0 aliphatic rings. The van der Waals surface area contributed by atoms with Crippen LogP contribution in [0.5, 0.6) is 0 Å². The van der Waals surface area contributed by atoms with Crippen molar-refractivity contribution in [3.05, 3.63) is 10.6 Å². The molecule has 1 rings (SSSR count). The van der Waals surface area contributed by atoms with Crippen LogP contribution >= 0.6 is 11.5 Å². The molecule has 1 N–H and O–H groups in total. The quantitative estimate of drug-likeness (QED) is 0.761. The van der Waals surface area contributed by atoms with Crippen LogP contribution in [0.25, 0.3) is 0 Å². The Morgan fingerprint density at radius 1 is 1.62 bits per heavy atom. The molecule has 0 atom stereocenters. The molecule has 0 spiro atoms. The number of nitrogens with zero attached hydrogens (tertiary/aromatic N) is 3. The van der Waals surface area contributed by atoms with E-state index >= 15 is 0 Å². The Bertz CT molecular complexity index is 298. The van der Waals surface area contributed by atoms with Crippen LogP contribution in [-0.2, 0) is 6.42 Å². The molecular weight excluding hydrogens is 190 g/mol. The van der Waals surface area contributed by atoms with Crippen LogP contribution in [0.2, 0.25) is 0 Å². The summed E-state index contributed by atoms with van der Waals surface area (Å²) in [5, 5.41) is 12.5. The maximum absolute atomic E-state index is 10.6. The summed E-state index contributed by atoms with van der Waals surface area (Å²) in [6.07, 6.45) is 0.630. The first kappa shape index (κ1) is 10.1. The van der Waals surface area contributed by atoms with Crippen molar-refractivity contribution in [2.75, 3.05) is 20.6 Å². The van der Waals surface area contributed by atoms with Crippen LogP contribution < -0.4 is 0 Å². The third kappa shape index (κ3) is 2.74. The average molecular weight is 201 g/mol. The van der Waals surface area contributed by atoms with E-state index in [2.05, 4.69) is 9.59 Å². The van der Waals surface area contributed by atoms with Crippen LogP contribution in [0.15, 0.2) is 0 Å². The molecule has 0 aliphatic carbocycles. The van der Waals surface area contributed by atoms with Gasteiger partial charge in [0.05, 0.1) is 5.69 Å². The van der Waals surface area contributed by atoms with Gasteiger partial charge in [-0.05, 0) is 25.6 Å². The molecule has 0 radical (unpaired) electrons. The van der Waals surface area contributed by atoms with Gasteiger partial charge in [-0.15, -0.1) is 5.10 Å². The molecule has 1 heterocycles. The van der Waals surface area contributed by atoms with Gasteiger partial charge in [-0.3, -0.25) is 0 Å². The minimum absolute atomic E-state index is 0.252. The summed E-state index contributed by atoms with van der Waals surface area (Å²) in [6.45, 7) is 0.783. The summed E-state index contributed by atoms with van der Waals surface area (Å²) >= 11 is 0.930. The Hall–Kier alpha value is -1.01. The van der Waals surface area contributed by atoms with Gasteiger partial charge in [-0.2, -0.15) is 0 Å². The molecular formula is C7H11N3O2S. The highest BCUT2D eigenvalue weighted by Crippen LogP contribution is 2.10. The number of carboxylic acids is 1. The maximum Gasteiger partial charge on any atom is 0.349 e. The van der Waals surface area contributed by atoms with Crippen LogP contribution in [0, 0.1) is 0 Å². The lowest BCUT2D eigenvalue weighted by Gasteiger charge is -2.06. The fraction of sp³-hybridized carbons (Fsp3) is 0.571. The Morgan fingerprint density at radius 2 is 2.31 bits per heavy atom. The molecule has 13 heavy (non-hydrogen) atoms. The number of aromatic carboxylic acids is 1. The fourth-order valence-corrected chi connectivity index (χ4v) is 1.41. The van der Waals surface area contributed by atoms with E-state index < -0.39 is 5.97 Å². The molecule has 72 valence electrons. The fourth-order valence-electron chi connectivity index (χ4n) is 0.864. The van der Waals surface area contributed by atoms with E-state index in [4.69, 9.17) is 5.11 Å². The number of carbonyl (C=O) groups is 1. The zero-order valence-electron chi connectivity index (χ0n) is 7.52. The molecule has 0 saturated carbocycles. The summed E-state index contributed by atoms with van der Waals surface area (Å²) in [4.78, 5) is 12.9. The molecule has 0 aliphatic heterocycles. The van der Waals surface area contributed by atoms with Crippen molar-refractivity contribution in [3.63, 3.8) is 0 Å². The molecule has 0 unspecified atom stereocenters. The van der Waals surface area contributed by atoms with Gasteiger partial charge in [-0.25, -0.2) is 4.79 Å². The second kappa shape index (κ2) is 4.29. The van der Waals surface area contributed by atoms with Gasteiger partial charge in [-0.1, -0.05) is 4.49 Å². The van der Waals surface area contributed by atoms with Crippen molar-refractivity contribution in [2.24, 2.45) is 0 Å². The van der Waals surface area contributed by atoms with Crippen LogP contribution in [-0.4, -0.2) is 46.2 Å². The number of rotatable bonds is 4. The van der Waals surface area contributed by atoms with E-state index in [1.165, 1.54) is 0 Å². The Morgan fingerprint density at radius 3 is 2.85 bits per heavy atom. The standard InChI is InChI=1S/C7H11N3O2S/c1-10(2)4-3-5-6(7(11)12)13-9-8-5/h3-4H2,1-2H3,(H,11,12). The highest BCUT2D eigenvalue weighted by atomic mass is 32.1. The smallest absolute Gasteiger partial charge is 0.349 e. The zero-order valence-corrected chi connectivity index (χ0v) is 8.34. The third-order valence-corrected chi connectivity index (χ3v) is 2.30. The third-order valence-electron chi connectivity index (χ3n) is 1.55. The van der Waals surface area contributed by atoms with Crippen molar-refractivity contribution in [2.45, 2.75) is 6.42 Å². The molecule has 1 aromatic heterocycles.